The molecule has 2 aromatic carbocycles. The van der Waals surface area contributed by atoms with Gasteiger partial charge in [-0.3, -0.25) is 9.52 Å². The summed E-state index contributed by atoms with van der Waals surface area (Å²) in [4.78, 5) is 13.5. The number of hydrogen-bond donors (Lipinski definition) is 1. The van der Waals surface area contributed by atoms with Crippen LogP contribution in [0.2, 0.25) is 0 Å². The van der Waals surface area contributed by atoms with Crippen LogP contribution >= 0.6 is 0 Å². The van der Waals surface area contributed by atoms with Crippen LogP contribution in [0.3, 0.4) is 0 Å². The van der Waals surface area contributed by atoms with Gasteiger partial charge >= 0.3 is 0 Å². The molecule has 2 aromatic rings. The predicted molar refractivity (Wildman–Crippen MR) is 102 cm³/mol. The smallest absolute Gasteiger partial charge is 0.233 e. The molecule has 1 amide bonds. The van der Waals surface area contributed by atoms with E-state index < -0.39 is 10.0 Å². The summed E-state index contributed by atoms with van der Waals surface area (Å²) in [6, 6.07) is 14.3. The molecule has 0 spiro atoms. The van der Waals surface area contributed by atoms with Crippen LogP contribution in [-0.2, 0) is 21.2 Å². The van der Waals surface area contributed by atoms with Crippen molar-refractivity contribution in [1.82, 2.24) is 0 Å². The van der Waals surface area contributed by atoms with Gasteiger partial charge in [-0.2, -0.15) is 0 Å². The molecule has 1 aliphatic heterocycles. The van der Waals surface area contributed by atoms with E-state index in [1.165, 1.54) is 0 Å². The molecule has 0 saturated carbocycles. The maximum atomic E-state index is 12.3. The quantitative estimate of drug-likeness (QED) is 0.809. The topological polar surface area (TPSA) is 75.7 Å². The first-order chi connectivity index (χ1) is 12.5. The minimum atomic E-state index is -3.45. The van der Waals surface area contributed by atoms with E-state index in [-0.39, 0.29) is 11.7 Å². The van der Waals surface area contributed by atoms with Crippen molar-refractivity contribution in [2.75, 3.05) is 29.0 Å². The highest BCUT2D eigenvalue weighted by Crippen LogP contribution is 2.23. The monoisotopic (exact) mass is 374 g/mol. The molecule has 1 fully saturated rings. The van der Waals surface area contributed by atoms with Gasteiger partial charge in [-0.25, -0.2) is 8.42 Å². The number of methoxy groups -OCH3 is 1. The molecule has 0 radical (unpaired) electrons. The summed E-state index contributed by atoms with van der Waals surface area (Å²) in [5.74, 6) is 0.843. The van der Waals surface area contributed by atoms with Crippen LogP contribution in [0.1, 0.15) is 18.4 Å². The van der Waals surface area contributed by atoms with Gasteiger partial charge in [-0.1, -0.05) is 12.1 Å². The molecule has 0 atom stereocenters. The van der Waals surface area contributed by atoms with E-state index in [1.807, 2.05) is 24.3 Å². The Morgan fingerprint density at radius 1 is 1.08 bits per heavy atom. The number of amides is 1. The maximum Gasteiger partial charge on any atom is 0.233 e. The normalized spacial score (nSPS) is 14.5. The van der Waals surface area contributed by atoms with Gasteiger partial charge in [-0.15, -0.1) is 0 Å². The fraction of sp³-hybridized carbons (Fsp3) is 0.316. The molecule has 6 nitrogen and oxygen atoms in total. The zero-order valence-electron chi connectivity index (χ0n) is 14.6. The van der Waals surface area contributed by atoms with Gasteiger partial charge in [0.2, 0.25) is 15.9 Å². The molecule has 1 saturated heterocycles. The number of anilines is 2. The van der Waals surface area contributed by atoms with Gasteiger partial charge < -0.3 is 9.64 Å². The molecule has 1 aliphatic rings. The van der Waals surface area contributed by atoms with Gasteiger partial charge in [0.15, 0.2) is 0 Å². The number of aryl methyl sites for hydroxylation is 1. The summed E-state index contributed by atoms with van der Waals surface area (Å²) in [5.41, 5.74) is 2.22. The highest BCUT2D eigenvalue weighted by molar-refractivity contribution is 7.92. The van der Waals surface area contributed by atoms with Gasteiger partial charge in [0, 0.05) is 24.3 Å². The second-order valence-electron chi connectivity index (χ2n) is 6.21. The molecule has 138 valence electrons. The fourth-order valence-electron chi connectivity index (χ4n) is 2.91. The minimum absolute atomic E-state index is 0.00824. The molecule has 0 bridgehead atoms. The summed E-state index contributed by atoms with van der Waals surface area (Å²) in [6.07, 6.45) is 1.85. The summed E-state index contributed by atoms with van der Waals surface area (Å²) in [7, 11) is -1.86. The third-order valence-electron chi connectivity index (χ3n) is 4.34. The number of nitrogens with one attached hydrogen (secondary N) is 1. The molecule has 7 heteroatoms. The summed E-state index contributed by atoms with van der Waals surface area (Å²) < 4.78 is 32.3. The van der Waals surface area contributed by atoms with Crippen molar-refractivity contribution in [3.63, 3.8) is 0 Å². The van der Waals surface area contributed by atoms with Crippen molar-refractivity contribution in [3.8, 4) is 5.75 Å². The third kappa shape index (κ3) is 4.54. The van der Waals surface area contributed by atoms with Crippen LogP contribution in [-0.4, -0.2) is 33.7 Å². The van der Waals surface area contributed by atoms with Gasteiger partial charge in [0.05, 0.1) is 12.9 Å². The van der Waals surface area contributed by atoms with E-state index in [4.69, 9.17) is 4.74 Å². The number of carbonyl (C=O) groups is 1. The van der Waals surface area contributed by atoms with Crippen molar-refractivity contribution in [3.05, 3.63) is 54.1 Å². The lowest BCUT2D eigenvalue weighted by Gasteiger charge is -2.16. The lowest BCUT2D eigenvalue weighted by molar-refractivity contribution is -0.117. The molecule has 26 heavy (non-hydrogen) atoms. The van der Waals surface area contributed by atoms with E-state index in [9.17, 15) is 13.2 Å². The zero-order chi connectivity index (χ0) is 18.6. The van der Waals surface area contributed by atoms with Crippen LogP contribution in [0.5, 0.6) is 5.75 Å². The molecule has 0 aromatic heterocycles. The highest BCUT2D eigenvalue weighted by atomic mass is 32.2. The second-order valence-corrected chi connectivity index (χ2v) is 8.06. The van der Waals surface area contributed by atoms with Crippen LogP contribution in [0.4, 0.5) is 11.4 Å². The minimum Gasteiger partial charge on any atom is -0.497 e. The van der Waals surface area contributed by atoms with Crippen LogP contribution in [0.25, 0.3) is 0 Å². The van der Waals surface area contributed by atoms with Crippen molar-refractivity contribution in [1.29, 1.82) is 0 Å². The number of hydrogen-bond acceptors (Lipinski definition) is 4. The molecular weight excluding hydrogens is 352 g/mol. The average Bonchev–Trinajstić information content (AvgIpc) is 3.07. The van der Waals surface area contributed by atoms with Crippen molar-refractivity contribution in [2.24, 2.45) is 0 Å². The van der Waals surface area contributed by atoms with E-state index in [1.54, 1.807) is 36.3 Å². The number of nitrogens with zero attached hydrogens (tertiary/aromatic N) is 1. The Morgan fingerprint density at radius 3 is 2.35 bits per heavy atom. The molecule has 1 heterocycles. The van der Waals surface area contributed by atoms with Gasteiger partial charge in [-0.05, 0) is 54.8 Å². The van der Waals surface area contributed by atoms with Crippen LogP contribution < -0.4 is 14.4 Å². The zero-order valence-corrected chi connectivity index (χ0v) is 15.5. The molecule has 0 aliphatic carbocycles. The van der Waals surface area contributed by atoms with E-state index in [2.05, 4.69) is 4.72 Å². The summed E-state index contributed by atoms with van der Waals surface area (Å²) in [5, 5.41) is 0. The number of rotatable bonds is 7. The second kappa shape index (κ2) is 7.78. The lowest BCUT2D eigenvalue weighted by Crippen LogP contribution is -2.23. The molecule has 0 unspecified atom stereocenters. The first kappa shape index (κ1) is 18.3. The van der Waals surface area contributed by atoms with Crippen molar-refractivity contribution >= 4 is 27.3 Å². The van der Waals surface area contributed by atoms with Crippen molar-refractivity contribution < 1.29 is 17.9 Å². The van der Waals surface area contributed by atoms with E-state index in [0.717, 1.165) is 23.4 Å². The van der Waals surface area contributed by atoms with Crippen LogP contribution in [0.15, 0.2) is 48.5 Å². The Bertz CT molecular complexity index is 861. The first-order valence-corrected chi connectivity index (χ1v) is 10.2. The lowest BCUT2D eigenvalue weighted by atomic mass is 10.2. The SMILES string of the molecule is COc1ccc(CCS(=O)(=O)Nc2ccc(N3CCCC3=O)cc2)cc1. The highest BCUT2D eigenvalue weighted by Gasteiger charge is 2.21. The summed E-state index contributed by atoms with van der Waals surface area (Å²) in [6.45, 7) is 0.714. The third-order valence-corrected chi connectivity index (χ3v) is 5.63. The molecular formula is C19H22N2O4S. The predicted octanol–water partition coefficient (Wildman–Crippen LogP) is 2.81. The Kier molecular flexibility index (Phi) is 5.46. The number of benzene rings is 2. The summed E-state index contributed by atoms with van der Waals surface area (Å²) >= 11 is 0. The Morgan fingerprint density at radius 2 is 1.77 bits per heavy atom. The average molecular weight is 374 g/mol. The maximum absolute atomic E-state index is 12.3. The van der Waals surface area contributed by atoms with Crippen molar-refractivity contribution in [2.45, 2.75) is 19.3 Å². The largest absolute Gasteiger partial charge is 0.497 e. The Hall–Kier alpha value is -2.54. The number of ether oxygens (including phenoxy) is 1. The Labute approximate surface area is 153 Å². The Balaban J connectivity index is 1.58. The number of sulfonamides is 1. The number of carbonyl (C=O) groups excluding carboxylic acids is 1. The molecule has 3 rings (SSSR count). The van der Waals surface area contributed by atoms with Crippen LogP contribution in [0, 0.1) is 0 Å². The van der Waals surface area contributed by atoms with E-state index in [0.29, 0.717) is 25.1 Å². The van der Waals surface area contributed by atoms with E-state index >= 15 is 0 Å². The first-order valence-electron chi connectivity index (χ1n) is 8.51. The standard InChI is InChI=1S/C19H22N2O4S/c1-25-18-10-4-15(5-11-18)12-14-26(23,24)20-16-6-8-17(9-7-16)21-13-2-3-19(21)22/h4-11,20H,2-3,12-14H2,1H3. The van der Waals surface area contributed by atoms with Gasteiger partial charge in [0.1, 0.15) is 5.75 Å². The van der Waals surface area contributed by atoms with Gasteiger partial charge in [0.25, 0.3) is 0 Å². The molecule has 1 N–H and O–H groups in total. The fourth-order valence-corrected chi connectivity index (χ4v) is 4.01.